The van der Waals surface area contributed by atoms with Crippen molar-refractivity contribution < 1.29 is 4.79 Å². The van der Waals surface area contributed by atoms with Crippen molar-refractivity contribution in [1.82, 2.24) is 13.7 Å². The number of rotatable bonds is 3. The van der Waals surface area contributed by atoms with E-state index < -0.39 is 11.2 Å². The maximum Gasteiger partial charge on any atom is 0.331 e. The van der Waals surface area contributed by atoms with E-state index in [1.54, 1.807) is 12.3 Å². The Kier molecular flexibility index (Phi) is 5.11. The van der Waals surface area contributed by atoms with E-state index in [-0.39, 0.29) is 18.5 Å². The third-order valence-corrected chi connectivity index (χ3v) is 4.56. The highest BCUT2D eigenvalue weighted by molar-refractivity contribution is 5.78. The topological polar surface area (TPSA) is 78.4 Å². The maximum absolute atomic E-state index is 12.7. The van der Waals surface area contributed by atoms with Gasteiger partial charge >= 0.3 is 5.69 Å². The first-order chi connectivity index (χ1) is 12.1. The van der Waals surface area contributed by atoms with Gasteiger partial charge in [-0.25, -0.2) is 4.79 Å². The van der Waals surface area contributed by atoms with E-state index >= 15 is 0 Å². The van der Waals surface area contributed by atoms with Crippen molar-refractivity contribution in [3.8, 4) is 0 Å². The quantitative estimate of drug-likeness (QED) is 0.832. The highest BCUT2D eigenvalue weighted by Crippen LogP contribution is 2.19. The second-order valence-electron chi connectivity index (χ2n) is 6.37. The average Bonchev–Trinajstić information content (AvgIpc) is 2.63. The molecule has 1 aliphatic rings. The Morgan fingerprint density at radius 1 is 1.12 bits per heavy atom. The molecule has 0 bridgehead atoms. The number of carbonyl (C=O) groups excluding carboxylic acids is 1. The Labute approximate surface area is 144 Å². The van der Waals surface area contributed by atoms with Crippen LogP contribution in [0.4, 0.5) is 0 Å². The summed E-state index contributed by atoms with van der Waals surface area (Å²) in [5, 5.41) is 0. The van der Waals surface area contributed by atoms with Crippen LogP contribution in [0.15, 0.2) is 51.2 Å². The van der Waals surface area contributed by atoms with Crippen LogP contribution in [0, 0.1) is 0 Å². The molecule has 0 aromatic carbocycles. The number of hydrogen-bond donors (Lipinski definition) is 0. The number of nitrogens with zero attached hydrogens (tertiary/aromatic N) is 4. The molecule has 1 fully saturated rings. The van der Waals surface area contributed by atoms with Crippen LogP contribution >= 0.6 is 0 Å². The molecule has 7 nitrogen and oxygen atoms in total. The van der Waals surface area contributed by atoms with Gasteiger partial charge in [0.05, 0.1) is 6.04 Å². The summed E-state index contributed by atoms with van der Waals surface area (Å²) >= 11 is 0. The SMILES string of the molecule is Cn1c(=O)ccn(CC(=O)n2ccccc2=NC2CCCCC2)c1=O. The van der Waals surface area contributed by atoms with Gasteiger partial charge in [-0.3, -0.25) is 28.3 Å². The van der Waals surface area contributed by atoms with E-state index in [9.17, 15) is 14.4 Å². The van der Waals surface area contributed by atoms with Crippen molar-refractivity contribution in [2.24, 2.45) is 12.0 Å². The van der Waals surface area contributed by atoms with Crippen LogP contribution in [0.1, 0.15) is 36.9 Å². The summed E-state index contributed by atoms with van der Waals surface area (Å²) in [6, 6.07) is 6.95. The predicted octanol–water partition coefficient (Wildman–Crippen LogP) is 0.922. The molecule has 25 heavy (non-hydrogen) atoms. The summed E-state index contributed by atoms with van der Waals surface area (Å²) in [4.78, 5) is 41.0. The van der Waals surface area contributed by atoms with Crippen LogP contribution in [0.3, 0.4) is 0 Å². The smallest absolute Gasteiger partial charge is 0.291 e. The molecule has 0 spiro atoms. The standard InChI is InChI=1S/C18H22N4O3/c1-20-16(23)10-12-21(18(20)25)13-17(24)22-11-6-5-9-15(22)19-14-7-3-2-4-8-14/h5-6,9-12,14H,2-4,7-8,13H2,1H3. The molecule has 0 radical (unpaired) electrons. The zero-order valence-corrected chi connectivity index (χ0v) is 14.3. The minimum atomic E-state index is -0.511. The van der Waals surface area contributed by atoms with E-state index in [0.29, 0.717) is 5.49 Å². The fraction of sp³-hybridized carbons (Fsp3) is 0.444. The lowest BCUT2D eigenvalue weighted by molar-refractivity contribution is 0.0882. The zero-order chi connectivity index (χ0) is 17.8. The summed E-state index contributed by atoms with van der Waals surface area (Å²) in [6.07, 6.45) is 8.69. The monoisotopic (exact) mass is 342 g/mol. The Bertz CT molecular complexity index is 946. The fourth-order valence-corrected chi connectivity index (χ4v) is 3.11. The van der Waals surface area contributed by atoms with Crippen LogP contribution in [0.2, 0.25) is 0 Å². The van der Waals surface area contributed by atoms with Gasteiger partial charge in [0.1, 0.15) is 12.0 Å². The van der Waals surface area contributed by atoms with Crippen molar-refractivity contribution in [3.05, 3.63) is 63.0 Å². The molecule has 2 aromatic heterocycles. The normalized spacial score (nSPS) is 16.1. The van der Waals surface area contributed by atoms with Gasteiger partial charge in [-0.1, -0.05) is 25.3 Å². The predicted molar refractivity (Wildman–Crippen MR) is 93.4 cm³/mol. The highest BCUT2D eigenvalue weighted by atomic mass is 16.2. The lowest BCUT2D eigenvalue weighted by atomic mass is 9.96. The van der Waals surface area contributed by atoms with Gasteiger partial charge < -0.3 is 0 Å². The van der Waals surface area contributed by atoms with Crippen LogP contribution in [-0.4, -0.2) is 25.7 Å². The molecular formula is C18H22N4O3. The number of aromatic nitrogens is 3. The minimum absolute atomic E-state index is 0.144. The average molecular weight is 342 g/mol. The Hall–Kier alpha value is -2.70. The highest BCUT2D eigenvalue weighted by Gasteiger charge is 2.13. The lowest BCUT2D eigenvalue weighted by Crippen LogP contribution is -2.40. The van der Waals surface area contributed by atoms with Crippen molar-refractivity contribution >= 4 is 5.91 Å². The van der Waals surface area contributed by atoms with E-state index in [2.05, 4.69) is 0 Å². The molecule has 0 N–H and O–H groups in total. The summed E-state index contributed by atoms with van der Waals surface area (Å²) in [6.45, 7) is -0.144. The molecule has 0 aliphatic heterocycles. The largest absolute Gasteiger partial charge is 0.331 e. The first-order valence-corrected chi connectivity index (χ1v) is 8.57. The molecule has 3 rings (SSSR count). The van der Waals surface area contributed by atoms with E-state index in [4.69, 9.17) is 4.99 Å². The Balaban J connectivity index is 1.91. The van der Waals surface area contributed by atoms with Gasteiger partial charge in [-0.15, -0.1) is 0 Å². The second-order valence-corrected chi connectivity index (χ2v) is 6.37. The molecule has 0 amide bonds. The lowest BCUT2D eigenvalue weighted by Gasteiger charge is -2.17. The summed E-state index contributed by atoms with van der Waals surface area (Å²) < 4.78 is 3.69. The molecule has 2 aromatic rings. The first-order valence-electron chi connectivity index (χ1n) is 8.57. The molecule has 2 heterocycles. The molecule has 0 saturated heterocycles. The van der Waals surface area contributed by atoms with Crippen molar-refractivity contribution in [2.75, 3.05) is 0 Å². The molecule has 1 saturated carbocycles. The molecule has 132 valence electrons. The van der Waals surface area contributed by atoms with Gasteiger partial charge in [0.2, 0.25) is 0 Å². The van der Waals surface area contributed by atoms with Crippen LogP contribution in [-0.2, 0) is 13.6 Å². The van der Waals surface area contributed by atoms with Crippen LogP contribution in [0.5, 0.6) is 0 Å². The van der Waals surface area contributed by atoms with E-state index in [0.717, 1.165) is 17.4 Å². The summed E-state index contributed by atoms with van der Waals surface area (Å²) in [5.41, 5.74) is -0.297. The maximum atomic E-state index is 12.7. The molecule has 0 unspecified atom stereocenters. The van der Waals surface area contributed by atoms with Crippen molar-refractivity contribution in [1.29, 1.82) is 0 Å². The summed E-state index contributed by atoms with van der Waals surface area (Å²) in [7, 11) is 1.39. The van der Waals surface area contributed by atoms with Gasteiger partial charge in [0, 0.05) is 25.5 Å². The van der Waals surface area contributed by atoms with Crippen molar-refractivity contribution in [3.63, 3.8) is 0 Å². The van der Waals surface area contributed by atoms with Crippen molar-refractivity contribution in [2.45, 2.75) is 44.7 Å². The first kappa shape index (κ1) is 17.1. The van der Waals surface area contributed by atoms with Crippen LogP contribution < -0.4 is 16.7 Å². The third kappa shape index (κ3) is 3.87. The number of hydrogen-bond acceptors (Lipinski definition) is 4. The minimum Gasteiger partial charge on any atom is -0.291 e. The third-order valence-electron chi connectivity index (χ3n) is 4.56. The molecule has 0 atom stereocenters. The summed E-state index contributed by atoms with van der Waals surface area (Å²) in [5.74, 6) is -0.268. The van der Waals surface area contributed by atoms with E-state index in [1.165, 1.54) is 47.7 Å². The van der Waals surface area contributed by atoms with Crippen LogP contribution in [0.25, 0.3) is 0 Å². The van der Waals surface area contributed by atoms with Gasteiger partial charge in [0.25, 0.3) is 11.5 Å². The number of carbonyl (C=O) groups is 1. The van der Waals surface area contributed by atoms with Gasteiger partial charge in [-0.2, -0.15) is 0 Å². The second kappa shape index (κ2) is 7.46. The number of pyridine rings is 1. The molecule has 1 aliphatic carbocycles. The molecular weight excluding hydrogens is 320 g/mol. The van der Waals surface area contributed by atoms with Gasteiger partial charge in [0.15, 0.2) is 0 Å². The zero-order valence-electron chi connectivity index (χ0n) is 14.3. The Morgan fingerprint density at radius 2 is 1.88 bits per heavy atom. The van der Waals surface area contributed by atoms with E-state index in [1.807, 2.05) is 12.1 Å². The molecule has 7 heteroatoms. The van der Waals surface area contributed by atoms with Gasteiger partial charge in [-0.05, 0) is 25.0 Å². The fourth-order valence-electron chi connectivity index (χ4n) is 3.11. The Morgan fingerprint density at radius 3 is 2.64 bits per heavy atom.